The number of halogens is 3. The number of hydrogen-bond acceptors (Lipinski definition) is 10. The molecule has 0 fully saturated rings. The van der Waals surface area contributed by atoms with Crippen LogP contribution in [0.15, 0.2) is 53.8 Å². The standard InChI is InChI=1S/C29H27N3O8.C2HF3O2/c1-12-14-9-10-17(31-28(39)13-7-5-4-6-8-13)22(33)18(14)23(34)19-15(12)11-16-21(32(2)3)24(35)20(27(30)38)26(37)29(16,40)25(19)36;3-2(4,5)1(6)7/h4-10,16,21,33-34,37,40H,11H2,1-3H3,(H2,30,38)(H,31,39);(H,6,7)/t16-,21-,29-;/m0./s1. The summed E-state index contributed by atoms with van der Waals surface area (Å²) in [7, 11) is 3.05. The van der Waals surface area contributed by atoms with Crippen molar-refractivity contribution in [3.8, 4) is 11.5 Å². The zero-order chi connectivity index (χ0) is 35.3. The van der Waals surface area contributed by atoms with Crippen molar-refractivity contribution >= 4 is 45.8 Å². The summed E-state index contributed by atoms with van der Waals surface area (Å²) in [6, 6.07) is 10.1. The van der Waals surface area contributed by atoms with E-state index in [-0.39, 0.29) is 23.1 Å². The van der Waals surface area contributed by atoms with E-state index in [9.17, 15) is 52.8 Å². The average Bonchev–Trinajstić information content (AvgIpc) is 2.98. The van der Waals surface area contributed by atoms with Crippen LogP contribution in [0.2, 0.25) is 0 Å². The molecule has 2 amide bonds. The first kappa shape index (κ1) is 34.4. The van der Waals surface area contributed by atoms with Gasteiger partial charge in [0.2, 0.25) is 5.78 Å². The van der Waals surface area contributed by atoms with Crippen LogP contribution in [0.3, 0.4) is 0 Å². The molecule has 248 valence electrons. The zero-order valence-electron chi connectivity index (χ0n) is 24.8. The van der Waals surface area contributed by atoms with Gasteiger partial charge in [-0.05, 0) is 62.2 Å². The quantitative estimate of drug-likeness (QED) is 0.159. The lowest BCUT2D eigenvalue weighted by molar-refractivity contribution is -0.192. The molecule has 5 rings (SSSR count). The summed E-state index contributed by atoms with van der Waals surface area (Å²) in [5, 5.41) is 55.1. The fraction of sp³-hybridized carbons (Fsp3) is 0.258. The first-order valence-corrected chi connectivity index (χ1v) is 13.6. The van der Waals surface area contributed by atoms with Gasteiger partial charge in [0.25, 0.3) is 11.8 Å². The van der Waals surface area contributed by atoms with Gasteiger partial charge in [-0.2, -0.15) is 13.2 Å². The third-order valence-corrected chi connectivity index (χ3v) is 8.17. The third-order valence-electron chi connectivity index (χ3n) is 8.17. The molecule has 0 unspecified atom stereocenters. The number of aryl methyl sites for hydroxylation is 1. The highest BCUT2D eigenvalue weighted by atomic mass is 19.4. The zero-order valence-corrected chi connectivity index (χ0v) is 24.8. The number of carbonyl (C=O) groups is 5. The highest BCUT2D eigenvalue weighted by Gasteiger charge is 2.62. The Morgan fingerprint density at radius 1 is 1.00 bits per heavy atom. The van der Waals surface area contributed by atoms with Gasteiger partial charge in [-0.1, -0.05) is 24.3 Å². The number of nitrogens with zero attached hydrogens (tertiary/aromatic N) is 1. The van der Waals surface area contributed by atoms with E-state index >= 15 is 0 Å². The third kappa shape index (κ3) is 5.61. The van der Waals surface area contributed by atoms with Gasteiger partial charge in [0.1, 0.15) is 17.1 Å². The molecule has 3 aromatic carbocycles. The Kier molecular flexibility index (Phi) is 8.81. The van der Waals surface area contributed by atoms with Crippen molar-refractivity contribution < 1.29 is 62.7 Å². The number of hydrogen-bond donors (Lipinski definition) is 7. The number of ketones is 2. The van der Waals surface area contributed by atoms with Crippen LogP contribution in [0.25, 0.3) is 10.8 Å². The molecule has 2 aliphatic carbocycles. The van der Waals surface area contributed by atoms with E-state index in [1.165, 1.54) is 25.1 Å². The molecule has 0 heterocycles. The van der Waals surface area contributed by atoms with Crippen molar-refractivity contribution in [2.24, 2.45) is 11.7 Å². The molecule has 8 N–H and O–H groups in total. The van der Waals surface area contributed by atoms with Gasteiger partial charge in [-0.25, -0.2) is 4.79 Å². The average molecular weight is 660 g/mol. The fourth-order valence-electron chi connectivity index (χ4n) is 5.97. The Morgan fingerprint density at radius 2 is 1.57 bits per heavy atom. The molecule has 3 aromatic rings. The summed E-state index contributed by atoms with van der Waals surface area (Å²) in [6.07, 6.45) is -5.22. The minimum atomic E-state index is -5.08. The van der Waals surface area contributed by atoms with E-state index in [1.807, 2.05) is 0 Å². The van der Waals surface area contributed by atoms with Crippen LogP contribution in [-0.4, -0.2) is 91.7 Å². The number of aliphatic carboxylic acids is 1. The van der Waals surface area contributed by atoms with Gasteiger partial charge in [0.15, 0.2) is 17.1 Å². The molecule has 0 saturated heterocycles. The highest BCUT2D eigenvalue weighted by Crippen LogP contribution is 2.51. The van der Waals surface area contributed by atoms with E-state index in [2.05, 4.69) is 5.32 Å². The predicted octanol–water partition coefficient (Wildman–Crippen LogP) is 2.34. The molecule has 16 heteroatoms. The number of benzene rings is 3. The minimum Gasteiger partial charge on any atom is -0.508 e. The van der Waals surface area contributed by atoms with Crippen LogP contribution >= 0.6 is 0 Å². The van der Waals surface area contributed by atoms with Gasteiger partial charge < -0.3 is 36.6 Å². The largest absolute Gasteiger partial charge is 0.508 e. The van der Waals surface area contributed by atoms with Crippen LogP contribution < -0.4 is 11.1 Å². The number of fused-ring (bicyclic) bond motifs is 3. The Labute approximate surface area is 263 Å². The summed E-state index contributed by atoms with van der Waals surface area (Å²) >= 11 is 0. The van der Waals surface area contributed by atoms with Gasteiger partial charge in [-0.15, -0.1) is 0 Å². The van der Waals surface area contributed by atoms with E-state index in [4.69, 9.17) is 15.6 Å². The van der Waals surface area contributed by atoms with E-state index in [0.717, 1.165) is 0 Å². The second-order valence-electron chi connectivity index (χ2n) is 11.1. The lowest BCUT2D eigenvalue weighted by atomic mass is 9.61. The Morgan fingerprint density at radius 3 is 2.09 bits per heavy atom. The van der Waals surface area contributed by atoms with Crippen molar-refractivity contribution in [1.29, 1.82) is 0 Å². The molecule has 0 saturated carbocycles. The number of phenols is 2. The number of aromatic hydroxyl groups is 2. The topological polar surface area (TPSA) is 228 Å². The number of nitrogens with one attached hydrogen (secondary N) is 1. The molecule has 13 nitrogen and oxygen atoms in total. The van der Waals surface area contributed by atoms with Gasteiger partial charge in [-0.3, -0.25) is 24.1 Å². The Balaban J connectivity index is 0.000000644. The van der Waals surface area contributed by atoms with Crippen molar-refractivity contribution in [2.75, 3.05) is 19.4 Å². The SMILES string of the molecule is Cc1c2c(c(O)c3c(O)c(NC(=O)c4ccccc4)ccc13)C(=O)[C@]1(O)C(O)=C(C(N)=O)C(=O)[C@@H](N(C)C)[C@@H]1C2.O=C(O)C(F)(F)F. The Hall–Kier alpha value is -5.48. The monoisotopic (exact) mass is 659 g/mol. The van der Waals surface area contributed by atoms with E-state index in [1.54, 1.807) is 43.3 Å². The second kappa shape index (κ2) is 12.0. The van der Waals surface area contributed by atoms with Gasteiger partial charge in [0.05, 0.1) is 22.7 Å². The van der Waals surface area contributed by atoms with Gasteiger partial charge in [0, 0.05) is 11.5 Å². The number of rotatable bonds is 4. The number of anilines is 1. The van der Waals surface area contributed by atoms with Crippen molar-refractivity contribution in [3.63, 3.8) is 0 Å². The maximum atomic E-state index is 14.0. The van der Waals surface area contributed by atoms with Crippen LogP contribution in [0.5, 0.6) is 11.5 Å². The molecule has 0 bridgehead atoms. The molecular weight excluding hydrogens is 631 g/mol. The summed E-state index contributed by atoms with van der Waals surface area (Å²) < 4.78 is 31.7. The number of carbonyl (C=O) groups excluding carboxylic acids is 4. The lowest BCUT2D eigenvalue weighted by Crippen LogP contribution is -2.64. The molecule has 0 radical (unpaired) electrons. The summed E-state index contributed by atoms with van der Waals surface area (Å²) in [5.74, 6) is -10.2. The van der Waals surface area contributed by atoms with Crippen molar-refractivity contribution in [3.05, 3.63) is 76.1 Å². The number of carboxylic acids is 1. The lowest BCUT2D eigenvalue weighted by Gasteiger charge is -2.47. The number of aliphatic hydroxyl groups excluding tert-OH is 1. The van der Waals surface area contributed by atoms with Crippen LogP contribution in [0.1, 0.15) is 31.8 Å². The Bertz CT molecular complexity index is 1890. The molecular formula is C31H28F3N3O10. The maximum Gasteiger partial charge on any atom is 0.490 e. The van der Waals surface area contributed by atoms with Crippen LogP contribution in [0.4, 0.5) is 18.9 Å². The first-order valence-electron chi connectivity index (χ1n) is 13.6. The molecule has 47 heavy (non-hydrogen) atoms. The number of likely N-dealkylation sites (N-methyl/N-ethyl adjacent to an activating group) is 1. The summed E-state index contributed by atoms with van der Waals surface area (Å²) in [4.78, 5) is 62.3. The van der Waals surface area contributed by atoms with Gasteiger partial charge >= 0.3 is 12.1 Å². The smallest absolute Gasteiger partial charge is 0.490 e. The van der Waals surface area contributed by atoms with Crippen LogP contribution in [0, 0.1) is 12.8 Å². The summed E-state index contributed by atoms with van der Waals surface area (Å²) in [5.41, 5.74) is 2.38. The number of carboxylic acid groups (broad SMARTS) is 1. The van der Waals surface area contributed by atoms with Crippen molar-refractivity contribution in [2.45, 2.75) is 31.2 Å². The molecule has 3 atom stereocenters. The second-order valence-corrected chi connectivity index (χ2v) is 11.1. The maximum absolute atomic E-state index is 14.0. The minimum absolute atomic E-state index is 0.0365. The van der Waals surface area contributed by atoms with Crippen molar-refractivity contribution in [1.82, 2.24) is 4.90 Å². The number of amides is 2. The number of phenolic OH excluding ortho intramolecular Hbond substituents is 2. The van der Waals surface area contributed by atoms with E-state index in [0.29, 0.717) is 22.1 Å². The summed E-state index contributed by atoms with van der Waals surface area (Å²) in [6.45, 7) is 1.65. The molecule has 2 aliphatic rings. The highest BCUT2D eigenvalue weighted by molar-refractivity contribution is 6.25. The molecule has 0 spiro atoms. The molecule has 0 aliphatic heterocycles. The fourth-order valence-corrected chi connectivity index (χ4v) is 5.97. The number of aliphatic hydroxyl groups is 2. The van der Waals surface area contributed by atoms with Crippen LogP contribution in [-0.2, 0) is 20.8 Å². The van der Waals surface area contributed by atoms with E-state index < -0.39 is 75.9 Å². The number of alkyl halides is 3. The molecule has 0 aromatic heterocycles. The first-order chi connectivity index (χ1) is 21.8. The number of primary amides is 1. The normalized spacial score (nSPS) is 20.7. The number of nitrogens with two attached hydrogens (primary N) is 1. The number of Topliss-reactive ketones (excluding diaryl/α,β-unsaturated/α-hetero) is 2. The predicted molar refractivity (Wildman–Crippen MR) is 158 cm³/mol.